The lowest BCUT2D eigenvalue weighted by Gasteiger charge is -2.42. The first-order valence-corrected chi connectivity index (χ1v) is 32.1. The van der Waals surface area contributed by atoms with E-state index in [4.69, 9.17) is 28.4 Å². The van der Waals surface area contributed by atoms with Gasteiger partial charge in [0.2, 0.25) is 0 Å². The van der Waals surface area contributed by atoms with Crippen molar-refractivity contribution in [1.82, 2.24) is 0 Å². The van der Waals surface area contributed by atoms with Crippen LogP contribution in [0.4, 0.5) is 0 Å². The Balaban J connectivity index is 1.68. The fraction of sp³-hybridized carbons (Fsp3) is 0.891. The molecule has 2 fully saturated rings. The first-order valence-electron chi connectivity index (χ1n) is 32.1. The Labute approximate surface area is 474 Å². The van der Waals surface area contributed by atoms with Crippen LogP contribution in [-0.2, 0) is 33.2 Å². The van der Waals surface area contributed by atoms with Crippen LogP contribution in [0.25, 0.3) is 0 Å². The van der Waals surface area contributed by atoms with Crippen LogP contribution in [0.2, 0.25) is 0 Å². The standard InChI is InChI=1S/C64H118O14/c1-3-5-7-9-11-13-15-17-19-21-23-25-26-27-29-31-33-35-37-39-41-43-45-47-56(66)76-53(50-73-48-46-44-42-40-38-36-34-32-30-28-24-22-20-18-16-14-12-10-8-6-4-2)51-74-63-62(72)60(70)58(68)55(78-63)52-75-64-61(71)59(69)57(67)54(49-65)77-64/h15,17,21,23,26-27,53-55,57-65,67-72H,3-14,16,18-20,22,24-25,28-52H2,1-2H3/b17-15-,23-21-,27-26-. The Morgan fingerprint density at radius 3 is 1.24 bits per heavy atom. The number of ether oxygens (including phenoxy) is 6. The highest BCUT2D eigenvalue weighted by Crippen LogP contribution is 2.27. The molecule has 0 spiro atoms. The molecule has 0 bridgehead atoms. The van der Waals surface area contributed by atoms with Crippen molar-refractivity contribution in [2.45, 2.75) is 332 Å². The molecular weight excluding hydrogens is 993 g/mol. The maximum absolute atomic E-state index is 13.1. The van der Waals surface area contributed by atoms with Crippen molar-refractivity contribution in [3.63, 3.8) is 0 Å². The molecule has 0 amide bonds. The smallest absolute Gasteiger partial charge is 0.306 e. The van der Waals surface area contributed by atoms with E-state index in [1.54, 1.807) is 0 Å². The molecule has 2 saturated heterocycles. The summed E-state index contributed by atoms with van der Waals surface area (Å²) in [5.41, 5.74) is 0. The van der Waals surface area contributed by atoms with Crippen molar-refractivity contribution >= 4 is 5.97 Å². The predicted octanol–water partition coefficient (Wildman–Crippen LogP) is 12.5. The summed E-state index contributed by atoms with van der Waals surface area (Å²) in [7, 11) is 0. The second-order valence-electron chi connectivity index (χ2n) is 22.6. The van der Waals surface area contributed by atoms with Crippen LogP contribution in [0.5, 0.6) is 0 Å². The van der Waals surface area contributed by atoms with Gasteiger partial charge in [-0.3, -0.25) is 4.79 Å². The molecule has 0 aromatic carbocycles. The molecule has 2 heterocycles. The Morgan fingerprint density at radius 1 is 0.423 bits per heavy atom. The highest BCUT2D eigenvalue weighted by atomic mass is 16.7. The number of aliphatic hydroxyl groups is 7. The first-order chi connectivity index (χ1) is 38.1. The van der Waals surface area contributed by atoms with Crippen molar-refractivity contribution in [3.05, 3.63) is 36.5 Å². The van der Waals surface area contributed by atoms with Gasteiger partial charge in [-0.1, -0.05) is 243 Å². The molecule has 0 radical (unpaired) electrons. The summed E-state index contributed by atoms with van der Waals surface area (Å²) in [5, 5.41) is 72.5. The van der Waals surface area contributed by atoms with Crippen LogP contribution < -0.4 is 0 Å². The van der Waals surface area contributed by atoms with Crippen molar-refractivity contribution in [2.24, 2.45) is 0 Å². The minimum Gasteiger partial charge on any atom is -0.457 e. The van der Waals surface area contributed by atoms with E-state index in [0.29, 0.717) is 13.0 Å². The van der Waals surface area contributed by atoms with Crippen LogP contribution in [-0.4, -0.2) is 142 Å². The molecule has 0 aromatic heterocycles. The van der Waals surface area contributed by atoms with Gasteiger partial charge in [-0.15, -0.1) is 0 Å². The van der Waals surface area contributed by atoms with Crippen LogP contribution >= 0.6 is 0 Å². The highest BCUT2D eigenvalue weighted by Gasteiger charge is 2.47. The number of hydrogen-bond donors (Lipinski definition) is 7. The predicted molar refractivity (Wildman–Crippen MR) is 312 cm³/mol. The third-order valence-electron chi connectivity index (χ3n) is 15.4. The van der Waals surface area contributed by atoms with Crippen molar-refractivity contribution < 1.29 is 69.0 Å². The van der Waals surface area contributed by atoms with Crippen molar-refractivity contribution in [3.8, 4) is 0 Å². The van der Waals surface area contributed by atoms with Gasteiger partial charge in [0.25, 0.3) is 0 Å². The van der Waals surface area contributed by atoms with Gasteiger partial charge < -0.3 is 64.2 Å². The molecule has 2 aliphatic heterocycles. The summed E-state index contributed by atoms with van der Waals surface area (Å²) in [6.07, 6.45) is 44.9. The molecule has 78 heavy (non-hydrogen) atoms. The topological polar surface area (TPSA) is 214 Å². The van der Waals surface area contributed by atoms with Crippen LogP contribution in [0.1, 0.15) is 264 Å². The number of carbonyl (C=O) groups excluding carboxylic acids is 1. The Bertz CT molecular complexity index is 1430. The first kappa shape index (κ1) is 72.3. The lowest BCUT2D eigenvalue weighted by atomic mass is 9.98. The average molecular weight is 1110 g/mol. The van der Waals surface area contributed by atoms with Gasteiger partial charge in [0.1, 0.15) is 54.9 Å². The molecular formula is C64H118O14. The molecule has 0 aromatic rings. The summed E-state index contributed by atoms with van der Waals surface area (Å²) >= 11 is 0. The third-order valence-corrected chi connectivity index (χ3v) is 15.4. The van der Waals surface area contributed by atoms with E-state index in [1.807, 2.05) is 0 Å². The molecule has 7 N–H and O–H groups in total. The zero-order chi connectivity index (χ0) is 56.5. The molecule has 14 nitrogen and oxygen atoms in total. The number of aliphatic hydroxyl groups excluding tert-OH is 7. The maximum atomic E-state index is 13.1. The van der Waals surface area contributed by atoms with E-state index >= 15 is 0 Å². The zero-order valence-electron chi connectivity index (χ0n) is 49.4. The maximum Gasteiger partial charge on any atom is 0.306 e. The number of unbranched alkanes of at least 4 members (excludes halogenated alkanes) is 33. The van der Waals surface area contributed by atoms with Gasteiger partial charge in [0, 0.05) is 13.0 Å². The Hall–Kier alpha value is -1.79. The van der Waals surface area contributed by atoms with Crippen LogP contribution in [0, 0.1) is 0 Å². The van der Waals surface area contributed by atoms with Crippen LogP contribution in [0.3, 0.4) is 0 Å². The third kappa shape index (κ3) is 36.6. The Morgan fingerprint density at radius 2 is 0.795 bits per heavy atom. The second-order valence-corrected chi connectivity index (χ2v) is 22.6. The minimum absolute atomic E-state index is 0.0621. The Kier molecular flexibility index (Phi) is 47.2. The quantitative estimate of drug-likeness (QED) is 0.0172. The van der Waals surface area contributed by atoms with Crippen molar-refractivity contribution in [2.75, 3.05) is 33.0 Å². The van der Waals surface area contributed by atoms with E-state index in [-0.39, 0.29) is 25.6 Å². The molecule has 2 aliphatic rings. The van der Waals surface area contributed by atoms with E-state index in [0.717, 1.165) is 57.8 Å². The lowest BCUT2D eigenvalue weighted by molar-refractivity contribution is -0.332. The second kappa shape index (κ2) is 50.9. The van der Waals surface area contributed by atoms with Gasteiger partial charge in [-0.05, 0) is 51.4 Å². The van der Waals surface area contributed by atoms with E-state index in [1.165, 1.54) is 180 Å². The molecule has 2 rings (SSSR count). The summed E-state index contributed by atoms with van der Waals surface area (Å²) in [6.45, 7) is 3.73. The number of hydrogen-bond acceptors (Lipinski definition) is 14. The molecule has 11 atom stereocenters. The largest absolute Gasteiger partial charge is 0.457 e. The van der Waals surface area contributed by atoms with Gasteiger partial charge >= 0.3 is 5.97 Å². The highest BCUT2D eigenvalue weighted by molar-refractivity contribution is 5.69. The van der Waals surface area contributed by atoms with Gasteiger partial charge in [-0.25, -0.2) is 0 Å². The molecule has 11 unspecified atom stereocenters. The average Bonchev–Trinajstić information content (AvgIpc) is 3.44. The van der Waals surface area contributed by atoms with Crippen LogP contribution in [0.15, 0.2) is 36.5 Å². The number of esters is 1. The fourth-order valence-electron chi connectivity index (χ4n) is 10.2. The fourth-order valence-corrected chi connectivity index (χ4v) is 10.2. The molecule has 458 valence electrons. The number of carbonyl (C=O) groups is 1. The summed E-state index contributed by atoms with van der Waals surface area (Å²) in [4.78, 5) is 13.1. The summed E-state index contributed by atoms with van der Waals surface area (Å²) in [5.74, 6) is -0.378. The van der Waals surface area contributed by atoms with E-state index in [2.05, 4.69) is 50.3 Å². The minimum atomic E-state index is -1.71. The van der Waals surface area contributed by atoms with Gasteiger partial charge in [0.05, 0.1) is 26.4 Å². The SMILES string of the molecule is CCCCCCC/C=C\C/C=C\C/C=C\CCCCCCCCCCC(=O)OC(COCCCCCCCCCCCCCCCCCCCCCCC)COC1OC(COC2OC(CO)C(O)C(O)C2O)C(O)C(O)C1O. The molecule has 0 aliphatic carbocycles. The monoisotopic (exact) mass is 1110 g/mol. The van der Waals surface area contributed by atoms with Crippen molar-refractivity contribution in [1.29, 1.82) is 0 Å². The molecule has 0 saturated carbocycles. The van der Waals surface area contributed by atoms with E-state index < -0.39 is 80.7 Å². The van der Waals surface area contributed by atoms with Gasteiger partial charge in [0.15, 0.2) is 12.6 Å². The summed E-state index contributed by atoms with van der Waals surface area (Å²) in [6, 6.07) is 0. The van der Waals surface area contributed by atoms with Gasteiger partial charge in [-0.2, -0.15) is 0 Å². The lowest BCUT2D eigenvalue weighted by Crippen LogP contribution is -2.61. The summed E-state index contributed by atoms with van der Waals surface area (Å²) < 4.78 is 34.5. The normalized spacial score (nSPS) is 24.3. The number of allylic oxidation sites excluding steroid dienone is 6. The molecule has 14 heteroatoms. The number of rotatable bonds is 53. The zero-order valence-corrected chi connectivity index (χ0v) is 49.4. The van der Waals surface area contributed by atoms with E-state index in [9.17, 15) is 40.5 Å².